The highest BCUT2D eigenvalue weighted by molar-refractivity contribution is 5.92. The fourth-order valence-corrected chi connectivity index (χ4v) is 8.25. The lowest BCUT2D eigenvalue weighted by atomic mass is 9.44. The van der Waals surface area contributed by atoms with Crippen molar-refractivity contribution in [3.05, 3.63) is 11.6 Å². The minimum atomic E-state index is -2.06. The SMILES string of the molecule is CCCCC(=O)OCC(=O)[C@H]1C(C)C[C@H]2[C@@H]3CC(F)C4=CC(=O)CC[C@]4(C)[C@@]3(F)[C@@H](O)C[C@]12C. The van der Waals surface area contributed by atoms with Gasteiger partial charge in [0.25, 0.3) is 0 Å². The first-order valence-electron chi connectivity index (χ1n) is 12.8. The van der Waals surface area contributed by atoms with E-state index in [9.17, 15) is 19.5 Å². The molecule has 4 rings (SSSR count). The van der Waals surface area contributed by atoms with Gasteiger partial charge in [-0.25, -0.2) is 8.78 Å². The zero-order valence-electron chi connectivity index (χ0n) is 20.7. The number of carbonyl (C=O) groups excluding carboxylic acids is 3. The van der Waals surface area contributed by atoms with Crippen LogP contribution < -0.4 is 0 Å². The molecule has 0 heterocycles. The molecule has 34 heavy (non-hydrogen) atoms. The Morgan fingerprint density at radius 3 is 2.62 bits per heavy atom. The second kappa shape index (κ2) is 8.79. The van der Waals surface area contributed by atoms with Gasteiger partial charge in [-0.05, 0) is 61.0 Å². The second-order valence-electron chi connectivity index (χ2n) is 11.7. The molecule has 0 aromatic rings. The Bertz CT molecular complexity index is 901. The van der Waals surface area contributed by atoms with Gasteiger partial charge in [-0.1, -0.05) is 34.1 Å². The summed E-state index contributed by atoms with van der Waals surface area (Å²) in [5.41, 5.74) is -3.84. The van der Waals surface area contributed by atoms with Crippen molar-refractivity contribution < 1.29 is 33.0 Å². The number of hydrogen-bond acceptors (Lipinski definition) is 5. The number of unbranched alkanes of at least 4 members (excludes halogenated alkanes) is 1. The van der Waals surface area contributed by atoms with E-state index in [0.717, 1.165) is 6.42 Å². The largest absolute Gasteiger partial charge is 0.458 e. The van der Waals surface area contributed by atoms with Crippen molar-refractivity contribution in [2.45, 2.75) is 97.0 Å². The number of Topliss-reactive ketones (excluding diaryl/α,β-unsaturated/α-hetero) is 1. The van der Waals surface area contributed by atoms with Gasteiger partial charge in [0.15, 0.2) is 11.6 Å². The third-order valence-electron chi connectivity index (χ3n) is 9.82. The molecule has 1 N–H and O–H groups in total. The summed E-state index contributed by atoms with van der Waals surface area (Å²) in [4.78, 5) is 37.2. The predicted molar refractivity (Wildman–Crippen MR) is 122 cm³/mol. The van der Waals surface area contributed by atoms with Gasteiger partial charge in [0.05, 0.1) is 6.10 Å². The van der Waals surface area contributed by atoms with E-state index < -0.39 is 46.6 Å². The van der Waals surface area contributed by atoms with E-state index in [-0.39, 0.29) is 67.7 Å². The van der Waals surface area contributed by atoms with E-state index in [1.54, 1.807) is 6.92 Å². The molecule has 7 heteroatoms. The summed E-state index contributed by atoms with van der Waals surface area (Å²) in [7, 11) is 0. The Hall–Kier alpha value is -1.63. The monoisotopic (exact) mass is 480 g/mol. The summed E-state index contributed by atoms with van der Waals surface area (Å²) in [5.74, 6) is -2.42. The number of carbonyl (C=O) groups is 3. The summed E-state index contributed by atoms with van der Waals surface area (Å²) >= 11 is 0. The van der Waals surface area contributed by atoms with Crippen LogP contribution in [0.3, 0.4) is 0 Å². The molecule has 0 bridgehead atoms. The van der Waals surface area contributed by atoms with Crippen LogP contribution in [0.4, 0.5) is 8.78 Å². The Kier molecular flexibility index (Phi) is 6.58. The number of esters is 1. The number of halogens is 2. The van der Waals surface area contributed by atoms with Gasteiger partial charge in [-0.3, -0.25) is 14.4 Å². The average molecular weight is 481 g/mol. The molecule has 0 amide bonds. The van der Waals surface area contributed by atoms with Gasteiger partial charge in [-0.2, -0.15) is 0 Å². The fourth-order valence-electron chi connectivity index (χ4n) is 8.25. The third kappa shape index (κ3) is 3.59. The molecule has 0 aliphatic heterocycles. The number of ketones is 2. The first kappa shape index (κ1) is 25.5. The van der Waals surface area contributed by atoms with E-state index in [2.05, 4.69) is 0 Å². The van der Waals surface area contributed by atoms with Crippen molar-refractivity contribution in [3.8, 4) is 0 Å². The number of aliphatic hydroxyl groups excluding tert-OH is 1. The minimum absolute atomic E-state index is 0.0863. The lowest BCUT2D eigenvalue weighted by Crippen LogP contribution is -2.69. The maximum Gasteiger partial charge on any atom is 0.306 e. The van der Waals surface area contributed by atoms with Crippen LogP contribution in [0.1, 0.15) is 79.1 Å². The van der Waals surface area contributed by atoms with Gasteiger partial charge in [0.2, 0.25) is 0 Å². The van der Waals surface area contributed by atoms with Crippen LogP contribution in [-0.2, 0) is 19.1 Å². The number of alkyl halides is 2. The normalized spacial score (nSPS) is 45.6. The molecule has 5 nitrogen and oxygen atoms in total. The lowest BCUT2D eigenvalue weighted by molar-refractivity contribution is -0.215. The molecule has 2 unspecified atom stereocenters. The van der Waals surface area contributed by atoms with Crippen LogP contribution in [0.2, 0.25) is 0 Å². The standard InChI is InChI=1S/C27H38F2O5/c1-5-6-7-23(33)34-14-21(31)24-15(2)10-17-18-12-20(28)19-11-16(30)8-9-26(19,4)27(18,29)22(32)13-25(17,24)3/h11,15,17-18,20,22,24,32H,5-10,12-14H2,1-4H3/t15?,17-,18-,20?,22-,24+,25-,26-,27-/m0/s1. The molecule has 4 aliphatic rings. The van der Waals surface area contributed by atoms with Crippen molar-refractivity contribution in [2.24, 2.45) is 34.5 Å². The lowest BCUT2D eigenvalue weighted by Gasteiger charge is -2.63. The van der Waals surface area contributed by atoms with Gasteiger partial charge < -0.3 is 9.84 Å². The van der Waals surface area contributed by atoms with Crippen LogP contribution in [0.5, 0.6) is 0 Å². The first-order chi connectivity index (χ1) is 15.9. The number of ether oxygens (including phenoxy) is 1. The highest BCUT2D eigenvalue weighted by atomic mass is 19.1. The zero-order valence-corrected chi connectivity index (χ0v) is 20.7. The molecular weight excluding hydrogens is 442 g/mol. The van der Waals surface area contributed by atoms with Crippen LogP contribution in [-0.4, -0.2) is 47.2 Å². The highest BCUT2D eigenvalue weighted by Crippen LogP contribution is 2.70. The molecule has 0 saturated heterocycles. The summed E-state index contributed by atoms with van der Waals surface area (Å²) in [6.07, 6.45) is 1.13. The van der Waals surface area contributed by atoms with Crippen LogP contribution in [0.15, 0.2) is 11.6 Å². The molecular formula is C27H38F2O5. The molecule has 0 spiro atoms. The predicted octanol–water partition coefficient (Wildman–Crippen LogP) is 4.69. The Morgan fingerprint density at radius 1 is 1.24 bits per heavy atom. The molecule has 0 aromatic carbocycles. The minimum Gasteiger partial charge on any atom is -0.458 e. The second-order valence-corrected chi connectivity index (χ2v) is 11.7. The van der Waals surface area contributed by atoms with E-state index in [0.29, 0.717) is 12.8 Å². The number of fused-ring (bicyclic) bond motifs is 5. The van der Waals surface area contributed by atoms with Crippen LogP contribution in [0, 0.1) is 34.5 Å². The Balaban J connectivity index is 1.62. The third-order valence-corrected chi connectivity index (χ3v) is 9.82. The maximum absolute atomic E-state index is 17.1. The molecule has 3 fully saturated rings. The molecule has 4 aliphatic carbocycles. The summed E-state index contributed by atoms with van der Waals surface area (Å²) in [6, 6.07) is 0. The molecule has 9 atom stereocenters. The van der Waals surface area contributed by atoms with Crippen LogP contribution >= 0.6 is 0 Å². The number of hydrogen-bond donors (Lipinski definition) is 1. The van der Waals surface area contributed by atoms with Gasteiger partial charge >= 0.3 is 5.97 Å². The van der Waals surface area contributed by atoms with E-state index >= 15 is 8.78 Å². The van der Waals surface area contributed by atoms with E-state index in [1.807, 2.05) is 20.8 Å². The average Bonchev–Trinajstić information content (AvgIpc) is 3.03. The quantitative estimate of drug-likeness (QED) is 0.558. The summed E-state index contributed by atoms with van der Waals surface area (Å²) in [6.45, 7) is 7.17. The Morgan fingerprint density at radius 2 is 1.94 bits per heavy atom. The first-order valence-corrected chi connectivity index (χ1v) is 12.8. The molecule has 3 saturated carbocycles. The van der Waals surface area contributed by atoms with Gasteiger partial charge in [0, 0.05) is 30.1 Å². The summed E-state index contributed by atoms with van der Waals surface area (Å²) in [5, 5.41) is 11.3. The maximum atomic E-state index is 17.1. The van der Waals surface area contributed by atoms with E-state index in [4.69, 9.17) is 4.74 Å². The van der Waals surface area contributed by atoms with Crippen molar-refractivity contribution in [2.75, 3.05) is 6.61 Å². The van der Waals surface area contributed by atoms with Crippen molar-refractivity contribution in [1.29, 1.82) is 0 Å². The Labute approximate surface area is 200 Å². The van der Waals surface area contributed by atoms with Crippen molar-refractivity contribution >= 4 is 17.5 Å². The molecule has 0 aromatic heterocycles. The number of allylic oxidation sites excluding steroid dienone is 1. The highest BCUT2D eigenvalue weighted by Gasteiger charge is 2.73. The smallest absolute Gasteiger partial charge is 0.306 e. The summed E-state index contributed by atoms with van der Waals surface area (Å²) < 4.78 is 37.8. The van der Waals surface area contributed by atoms with Gasteiger partial charge in [-0.15, -0.1) is 0 Å². The topological polar surface area (TPSA) is 80.7 Å². The van der Waals surface area contributed by atoms with E-state index in [1.165, 1.54) is 6.08 Å². The molecule has 0 radical (unpaired) electrons. The van der Waals surface area contributed by atoms with Crippen molar-refractivity contribution in [1.82, 2.24) is 0 Å². The number of aliphatic hydroxyl groups is 1. The van der Waals surface area contributed by atoms with Crippen LogP contribution in [0.25, 0.3) is 0 Å². The zero-order chi connectivity index (χ0) is 25.1. The van der Waals surface area contributed by atoms with Crippen molar-refractivity contribution in [3.63, 3.8) is 0 Å². The fraction of sp³-hybridized carbons (Fsp3) is 0.815. The number of rotatable bonds is 6. The van der Waals surface area contributed by atoms with Gasteiger partial charge in [0.1, 0.15) is 18.4 Å². The molecule has 190 valence electrons.